The molecule has 0 unspecified atom stereocenters. The Balaban J connectivity index is 1.40. The monoisotopic (exact) mass is 395 g/mol. The number of amides is 2. The van der Waals surface area contributed by atoms with Crippen molar-refractivity contribution in [2.75, 3.05) is 13.1 Å². The van der Waals surface area contributed by atoms with Crippen LogP contribution in [0.2, 0.25) is 0 Å². The third kappa shape index (κ3) is 3.87. The molecule has 1 aliphatic heterocycles. The van der Waals surface area contributed by atoms with Crippen LogP contribution < -0.4 is 5.32 Å². The zero-order chi connectivity index (χ0) is 20.4. The van der Waals surface area contributed by atoms with Crippen LogP contribution in [0.25, 0.3) is 10.9 Å². The molecule has 0 radical (unpaired) electrons. The lowest BCUT2D eigenvalue weighted by Gasteiger charge is -2.39. The van der Waals surface area contributed by atoms with Crippen molar-refractivity contribution in [3.05, 3.63) is 47.9 Å². The molecule has 1 fully saturated rings. The summed E-state index contributed by atoms with van der Waals surface area (Å²) >= 11 is 0. The zero-order valence-electron chi connectivity index (χ0n) is 16.7. The van der Waals surface area contributed by atoms with Crippen LogP contribution in [0.5, 0.6) is 0 Å². The van der Waals surface area contributed by atoms with Gasteiger partial charge in [-0.3, -0.25) is 9.59 Å². The second-order valence-corrected chi connectivity index (χ2v) is 7.96. The molecule has 3 aromatic rings. The summed E-state index contributed by atoms with van der Waals surface area (Å²) in [6.45, 7) is 5.33. The molecule has 0 spiro atoms. The summed E-state index contributed by atoms with van der Waals surface area (Å²) in [6, 6.07) is 10.0. The summed E-state index contributed by atoms with van der Waals surface area (Å²) in [7, 11) is 0. The fourth-order valence-electron chi connectivity index (χ4n) is 3.95. The van der Waals surface area contributed by atoms with Crippen LogP contribution in [0.15, 0.2) is 41.2 Å². The number of piperidine rings is 1. The molecule has 8 heteroatoms. The zero-order valence-corrected chi connectivity index (χ0v) is 16.7. The van der Waals surface area contributed by atoms with Gasteiger partial charge in [0.2, 0.25) is 11.8 Å². The highest BCUT2D eigenvalue weighted by atomic mass is 16.6. The number of hydrogen-bond donors (Lipinski definition) is 1. The number of carbonyl (C=O) groups excluding carboxylic acids is 2. The normalized spacial score (nSPS) is 19.4. The Morgan fingerprint density at radius 3 is 2.86 bits per heavy atom. The predicted octanol–water partition coefficient (Wildman–Crippen LogP) is 2.28. The van der Waals surface area contributed by atoms with Crippen LogP contribution >= 0.6 is 0 Å². The number of fused-ring (bicyclic) bond motifs is 1. The van der Waals surface area contributed by atoms with Crippen LogP contribution in [0.1, 0.15) is 31.2 Å². The maximum absolute atomic E-state index is 13.0. The van der Waals surface area contributed by atoms with Gasteiger partial charge in [0, 0.05) is 24.8 Å². The van der Waals surface area contributed by atoms with E-state index in [1.165, 1.54) is 0 Å². The third-order valence-electron chi connectivity index (χ3n) is 5.75. The van der Waals surface area contributed by atoms with Crippen LogP contribution in [0, 0.1) is 12.3 Å². The number of aromatic nitrogens is 3. The highest BCUT2D eigenvalue weighted by Crippen LogP contribution is 2.30. The molecule has 2 amide bonds. The van der Waals surface area contributed by atoms with Crippen LogP contribution in [-0.2, 0) is 22.7 Å². The molecule has 2 aromatic heterocycles. The topological polar surface area (TPSA) is 93.3 Å². The van der Waals surface area contributed by atoms with Gasteiger partial charge in [-0.25, -0.2) is 4.63 Å². The van der Waals surface area contributed by atoms with E-state index in [4.69, 9.17) is 0 Å². The number of nitrogens with one attached hydrogen (secondary N) is 1. The standard InChI is InChI=1S/C21H25N5O3/c1-15-17(24-29-23-15)12-22-20(28)21(2)9-5-10-26(14-21)19(27)13-25-11-8-16-6-3-4-7-18(16)25/h3-4,6-8,11H,5,9-10,12-14H2,1-2H3,(H,22,28)/t21-/m1/s1. The summed E-state index contributed by atoms with van der Waals surface area (Å²) in [5.74, 6) is -0.0505. The first kappa shape index (κ1) is 19.2. The van der Waals surface area contributed by atoms with E-state index in [2.05, 4.69) is 20.3 Å². The van der Waals surface area contributed by atoms with Gasteiger partial charge in [0.05, 0.1) is 12.0 Å². The first-order valence-electron chi connectivity index (χ1n) is 9.84. The molecule has 8 nitrogen and oxygen atoms in total. The fourth-order valence-corrected chi connectivity index (χ4v) is 3.95. The quantitative estimate of drug-likeness (QED) is 0.715. The van der Waals surface area contributed by atoms with Gasteiger partial charge in [0.15, 0.2) is 0 Å². The number of hydrogen-bond acceptors (Lipinski definition) is 5. The average molecular weight is 395 g/mol. The predicted molar refractivity (Wildman–Crippen MR) is 107 cm³/mol. The molecule has 0 bridgehead atoms. The molecule has 29 heavy (non-hydrogen) atoms. The van der Waals surface area contributed by atoms with Gasteiger partial charge in [0.1, 0.15) is 17.9 Å². The highest BCUT2D eigenvalue weighted by Gasteiger charge is 2.39. The largest absolute Gasteiger partial charge is 0.350 e. The van der Waals surface area contributed by atoms with Gasteiger partial charge in [-0.2, -0.15) is 0 Å². The molecule has 1 aromatic carbocycles. The number of rotatable bonds is 5. The Kier molecular flexibility index (Phi) is 5.08. The summed E-state index contributed by atoms with van der Waals surface area (Å²) in [5, 5.41) is 11.6. The van der Waals surface area contributed by atoms with E-state index in [1.807, 2.05) is 48.0 Å². The molecule has 0 saturated carbocycles. The Hall–Kier alpha value is -3.16. The fraction of sp³-hybridized carbons (Fsp3) is 0.429. The molecular weight excluding hydrogens is 370 g/mol. The summed E-state index contributed by atoms with van der Waals surface area (Å²) in [4.78, 5) is 27.6. The van der Waals surface area contributed by atoms with E-state index in [-0.39, 0.29) is 24.9 Å². The molecule has 1 aliphatic rings. The molecule has 1 atom stereocenters. The van der Waals surface area contributed by atoms with Crippen molar-refractivity contribution in [1.29, 1.82) is 0 Å². The first-order chi connectivity index (χ1) is 14.0. The van der Waals surface area contributed by atoms with Gasteiger partial charge < -0.3 is 14.8 Å². The maximum Gasteiger partial charge on any atom is 0.242 e. The second-order valence-electron chi connectivity index (χ2n) is 7.96. The van der Waals surface area contributed by atoms with E-state index in [1.54, 1.807) is 11.8 Å². The molecule has 3 heterocycles. The number of benzene rings is 1. The van der Waals surface area contributed by atoms with Crippen molar-refractivity contribution in [2.24, 2.45) is 5.41 Å². The first-order valence-corrected chi connectivity index (χ1v) is 9.84. The van der Waals surface area contributed by atoms with Crippen molar-refractivity contribution in [3.8, 4) is 0 Å². The average Bonchev–Trinajstić information content (AvgIpc) is 3.32. The summed E-state index contributed by atoms with van der Waals surface area (Å²) < 4.78 is 6.63. The van der Waals surface area contributed by atoms with Crippen molar-refractivity contribution in [2.45, 2.75) is 39.8 Å². The Morgan fingerprint density at radius 1 is 1.24 bits per heavy atom. The van der Waals surface area contributed by atoms with Gasteiger partial charge in [0.25, 0.3) is 0 Å². The lowest BCUT2D eigenvalue weighted by atomic mass is 9.81. The van der Waals surface area contributed by atoms with Gasteiger partial charge >= 0.3 is 0 Å². The highest BCUT2D eigenvalue weighted by molar-refractivity contribution is 5.85. The van der Waals surface area contributed by atoms with E-state index >= 15 is 0 Å². The molecular formula is C21H25N5O3. The van der Waals surface area contributed by atoms with Crippen LogP contribution in [0.3, 0.4) is 0 Å². The minimum atomic E-state index is -0.627. The molecule has 0 aliphatic carbocycles. The molecule has 1 saturated heterocycles. The molecule has 152 valence electrons. The number of para-hydroxylation sites is 1. The van der Waals surface area contributed by atoms with Crippen LogP contribution in [-0.4, -0.2) is 44.7 Å². The summed E-state index contributed by atoms with van der Waals surface area (Å²) in [6.07, 6.45) is 3.48. The minimum Gasteiger partial charge on any atom is -0.350 e. The van der Waals surface area contributed by atoms with E-state index in [0.29, 0.717) is 24.5 Å². The summed E-state index contributed by atoms with van der Waals surface area (Å²) in [5.41, 5.74) is 1.69. The Bertz CT molecular complexity index is 1040. The lowest BCUT2D eigenvalue weighted by Crippen LogP contribution is -2.52. The Labute approximate surface area is 168 Å². The second kappa shape index (κ2) is 7.69. The van der Waals surface area contributed by atoms with Crippen molar-refractivity contribution >= 4 is 22.7 Å². The minimum absolute atomic E-state index is 0.0293. The number of nitrogens with zero attached hydrogens (tertiary/aromatic N) is 4. The number of carbonyl (C=O) groups is 2. The molecule has 1 N–H and O–H groups in total. The number of likely N-dealkylation sites (tertiary alicyclic amines) is 1. The SMILES string of the molecule is Cc1nonc1CNC(=O)[C@]1(C)CCCN(C(=O)Cn2ccc3ccccc32)C1. The maximum atomic E-state index is 13.0. The molecule has 4 rings (SSSR count). The smallest absolute Gasteiger partial charge is 0.242 e. The van der Waals surface area contributed by atoms with Crippen molar-refractivity contribution in [3.63, 3.8) is 0 Å². The third-order valence-corrected chi connectivity index (χ3v) is 5.75. The van der Waals surface area contributed by atoms with Crippen molar-refractivity contribution < 1.29 is 14.2 Å². The van der Waals surface area contributed by atoms with E-state index < -0.39 is 5.41 Å². The number of aryl methyl sites for hydroxylation is 1. The van der Waals surface area contributed by atoms with Crippen LogP contribution in [0.4, 0.5) is 0 Å². The van der Waals surface area contributed by atoms with Crippen molar-refractivity contribution in [1.82, 2.24) is 25.1 Å². The van der Waals surface area contributed by atoms with E-state index in [0.717, 1.165) is 23.7 Å². The van der Waals surface area contributed by atoms with Gasteiger partial charge in [-0.15, -0.1) is 0 Å². The van der Waals surface area contributed by atoms with E-state index in [9.17, 15) is 9.59 Å². The lowest BCUT2D eigenvalue weighted by molar-refractivity contribution is -0.141. The Morgan fingerprint density at radius 2 is 2.07 bits per heavy atom. The van der Waals surface area contributed by atoms with Gasteiger partial charge in [-0.05, 0) is 44.2 Å². The van der Waals surface area contributed by atoms with Gasteiger partial charge in [-0.1, -0.05) is 28.5 Å².